The van der Waals surface area contributed by atoms with Gasteiger partial charge in [-0.25, -0.2) is 18.3 Å². The van der Waals surface area contributed by atoms with Gasteiger partial charge in [0.2, 0.25) is 0 Å². The summed E-state index contributed by atoms with van der Waals surface area (Å²) in [6, 6.07) is 7.31. The van der Waals surface area contributed by atoms with Crippen molar-refractivity contribution in [2.45, 2.75) is 6.92 Å². The van der Waals surface area contributed by atoms with Crippen molar-refractivity contribution < 1.29 is 53.0 Å². The molecule has 0 aliphatic carbocycles. The number of aldehydes is 1. The quantitative estimate of drug-likeness (QED) is 0.320. The van der Waals surface area contributed by atoms with Crippen LogP contribution in [-0.2, 0) is 0 Å². The predicted molar refractivity (Wildman–Crippen MR) is 96.0 cm³/mol. The molecular weight excluding hydrogens is 405 g/mol. The average Bonchev–Trinajstić information content (AvgIpc) is 3.03. The molecule has 0 aliphatic heterocycles. The van der Waals surface area contributed by atoms with E-state index in [0.717, 1.165) is 16.6 Å². The number of halogens is 2. The van der Waals surface area contributed by atoms with E-state index in [1.807, 2.05) is 0 Å². The van der Waals surface area contributed by atoms with E-state index in [1.54, 1.807) is 13.0 Å². The van der Waals surface area contributed by atoms with Crippen LogP contribution in [-0.4, -0.2) is 31.8 Å². The van der Waals surface area contributed by atoms with Crippen LogP contribution in [0.5, 0.6) is 0 Å². The fraction of sp³-hybridized carbons (Fsp3) is 0.0500. The number of aromatic carboxylic acids is 1. The first-order chi connectivity index (χ1) is 13.9. The zero-order valence-electron chi connectivity index (χ0n) is 15.9. The molecule has 7 nitrogen and oxygen atoms in total. The molecule has 0 N–H and O–H groups in total. The smallest absolute Gasteiger partial charge is 0.543 e. The maximum Gasteiger partial charge on any atom is 1.00 e. The number of fused-ring (bicyclic) bond motifs is 1. The van der Waals surface area contributed by atoms with E-state index in [9.17, 15) is 23.5 Å². The molecule has 0 bridgehead atoms. The molecule has 0 atom stereocenters. The van der Waals surface area contributed by atoms with E-state index in [0.29, 0.717) is 17.5 Å². The topological polar surface area (TPSA) is 100 Å². The zero-order valence-corrected chi connectivity index (χ0v) is 17.9. The SMILES string of the molecule is Cc1nn2c(C(=O)[O-])cc(-c3ccc(C=O)nc3)nc2c1-c1ccc(F)cc1F.[Na+]. The first kappa shape index (κ1) is 21.7. The monoisotopic (exact) mass is 416 g/mol. The molecule has 3 heterocycles. The second kappa shape index (κ2) is 8.39. The van der Waals surface area contributed by atoms with E-state index in [4.69, 9.17) is 0 Å². The first-order valence-electron chi connectivity index (χ1n) is 8.38. The second-order valence-electron chi connectivity index (χ2n) is 6.22. The van der Waals surface area contributed by atoms with Gasteiger partial charge in [0, 0.05) is 23.4 Å². The normalized spacial score (nSPS) is 10.6. The largest absolute Gasteiger partial charge is 1.00 e. The van der Waals surface area contributed by atoms with E-state index in [1.165, 1.54) is 24.4 Å². The number of nitrogens with zero attached hydrogens (tertiary/aromatic N) is 4. The Labute approximate surface area is 190 Å². The summed E-state index contributed by atoms with van der Waals surface area (Å²) in [5.74, 6) is -3.09. The number of carbonyl (C=O) groups is 2. The maximum atomic E-state index is 14.4. The molecule has 0 amide bonds. The Morgan fingerprint density at radius 3 is 2.53 bits per heavy atom. The molecule has 10 heteroatoms. The Bertz CT molecular complexity index is 1290. The van der Waals surface area contributed by atoms with Gasteiger partial charge in [-0.2, -0.15) is 5.10 Å². The van der Waals surface area contributed by atoms with Crippen molar-refractivity contribution in [3.8, 4) is 22.4 Å². The third-order valence-corrected chi connectivity index (χ3v) is 4.38. The molecule has 4 rings (SSSR count). The summed E-state index contributed by atoms with van der Waals surface area (Å²) in [6.45, 7) is 1.56. The molecule has 0 fully saturated rings. The van der Waals surface area contributed by atoms with Crippen LogP contribution in [0.25, 0.3) is 28.0 Å². The molecule has 144 valence electrons. The third-order valence-electron chi connectivity index (χ3n) is 4.38. The van der Waals surface area contributed by atoms with Crippen molar-refractivity contribution in [2.75, 3.05) is 0 Å². The van der Waals surface area contributed by atoms with E-state index in [-0.39, 0.29) is 63.4 Å². The molecule has 0 unspecified atom stereocenters. The Kier molecular flexibility index (Phi) is 6.06. The second-order valence-corrected chi connectivity index (χ2v) is 6.22. The van der Waals surface area contributed by atoms with E-state index < -0.39 is 17.6 Å². The van der Waals surface area contributed by atoms with Gasteiger partial charge in [0.25, 0.3) is 0 Å². The Morgan fingerprint density at radius 1 is 1.17 bits per heavy atom. The molecule has 3 aromatic heterocycles. The van der Waals surface area contributed by atoms with Crippen molar-refractivity contribution >= 4 is 17.9 Å². The standard InChI is InChI=1S/C20H12F2N4O3.Na/c1-10-18(14-5-3-12(21)6-15(14)22)19-24-16(7-17(20(28)29)26(19)25-10)11-2-4-13(9-27)23-8-11;/h2-9H,1H3,(H,28,29);/q;+1/p-1. The molecule has 0 radical (unpaired) electrons. The van der Waals surface area contributed by atoms with Crippen molar-refractivity contribution in [1.82, 2.24) is 19.6 Å². The number of pyridine rings is 1. The van der Waals surface area contributed by atoms with E-state index >= 15 is 0 Å². The fourth-order valence-electron chi connectivity index (χ4n) is 3.05. The van der Waals surface area contributed by atoms with Crippen molar-refractivity contribution in [1.29, 1.82) is 0 Å². The molecule has 30 heavy (non-hydrogen) atoms. The molecule has 1 aromatic carbocycles. The summed E-state index contributed by atoms with van der Waals surface area (Å²) in [7, 11) is 0. The van der Waals surface area contributed by atoms with Crippen molar-refractivity contribution in [3.05, 3.63) is 71.3 Å². The number of hydrogen-bond donors (Lipinski definition) is 0. The number of carboxylic acids is 1. The van der Waals surface area contributed by atoms with Crippen LogP contribution in [0.2, 0.25) is 0 Å². The minimum absolute atomic E-state index is 0. The van der Waals surface area contributed by atoms with Gasteiger partial charge in [-0.3, -0.25) is 9.78 Å². The maximum absolute atomic E-state index is 14.4. The third kappa shape index (κ3) is 3.74. The molecule has 0 aliphatic rings. The Balaban J connectivity index is 0.00000256. The molecular formula is C20H11F2N4NaO3. The molecule has 0 saturated heterocycles. The van der Waals surface area contributed by atoms with Crippen LogP contribution in [0.4, 0.5) is 8.78 Å². The summed E-state index contributed by atoms with van der Waals surface area (Å²) in [5.41, 5.74) is 1.16. The van der Waals surface area contributed by atoms with Crippen LogP contribution >= 0.6 is 0 Å². The van der Waals surface area contributed by atoms with Crippen LogP contribution < -0.4 is 34.7 Å². The van der Waals surface area contributed by atoms with Crippen LogP contribution in [0.3, 0.4) is 0 Å². The first-order valence-corrected chi connectivity index (χ1v) is 8.38. The van der Waals surface area contributed by atoms with Gasteiger partial charge in [-0.05, 0) is 37.3 Å². The van der Waals surface area contributed by atoms with Gasteiger partial charge in [0.1, 0.15) is 17.3 Å². The summed E-state index contributed by atoms with van der Waals surface area (Å²) in [4.78, 5) is 30.8. The molecule has 0 spiro atoms. The van der Waals surface area contributed by atoms with Crippen LogP contribution in [0.1, 0.15) is 26.7 Å². The van der Waals surface area contributed by atoms with Gasteiger partial charge in [0.15, 0.2) is 11.9 Å². The minimum Gasteiger partial charge on any atom is -0.543 e. The number of carboxylic acid groups (broad SMARTS) is 1. The average molecular weight is 416 g/mol. The van der Waals surface area contributed by atoms with Gasteiger partial charge in [0.05, 0.1) is 28.6 Å². The summed E-state index contributed by atoms with van der Waals surface area (Å²) in [6.07, 6.45) is 1.94. The minimum atomic E-state index is -1.51. The van der Waals surface area contributed by atoms with E-state index in [2.05, 4.69) is 15.1 Å². The molecule has 4 aromatic rings. The number of aryl methyl sites for hydroxylation is 1. The van der Waals surface area contributed by atoms with Gasteiger partial charge in [-0.1, -0.05) is 0 Å². The predicted octanol–water partition coefficient (Wildman–Crippen LogP) is -0.775. The number of benzene rings is 1. The number of hydrogen-bond acceptors (Lipinski definition) is 6. The van der Waals surface area contributed by atoms with Crippen molar-refractivity contribution in [2.24, 2.45) is 0 Å². The summed E-state index contributed by atoms with van der Waals surface area (Å²) in [5, 5.41) is 15.8. The zero-order chi connectivity index (χ0) is 20.7. The van der Waals surface area contributed by atoms with Gasteiger partial charge < -0.3 is 9.90 Å². The summed E-state index contributed by atoms with van der Waals surface area (Å²) < 4.78 is 28.8. The fourth-order valence-corrected chi connectivity index (χ4v) is 3.05. The van der Waals surface area contributed by atoms with Crippen LogP contribution in [0.15, 0.2) is 42.6 Å². The van der Waals surface area contributed by atoms with Crippen LogP contribution in [0, 0.1) is 18.6 Å². The number of carbonyl (C=O) groups excluding carboxylic acids is 2. The van der Waals surface area contributed by atoms with Gasteiger partial charge >= 0.3 is 29.6 Å². The number of rotatable bonds is 4. The number of aromatic nitrogens is 4. The van der Waals surface area contributed by atoms with Crippen molar-refractivity contribution in [3.63, 3.8) is 0 Å². The van der Waals surface area contributed by atoms with Gasteiger partial charge in [-0.15, -0.1) is 0 Å². The summed E-state index contributed by atoms with van der Waals surface area (Å²) >= 11 is 0. The Hall–Kier alpha value is -3.01. The Morgan fingerprint density at radius 2 is 1.93 bits per heavy atom. The molecule has 0 saturated carbocycles.